The SMILES string of the molecule is O=C(O)Cc1csc(/N=C2\NC(=O)C(=Cc3cc4ccccc4cc3OCc3ccccc3)S2)n1. The summed E-state index contributed by atoms with van der Waals surface area (Å²) in [7, 11) is 0. The van der Waals surface area contributed by atoms with Gasteiger partial charge >= 0.3 is 5.97 Å². The molecule has 1 aromatic heterocycles. The fourth-order valence-corrected chi connectivity index (χ4v) is 5.07. The van der Waals surface area contributed by atoms with E-state index in [-0.39, 0.29) is 12.3 Å². The monoisotopic (exact) mass is 501 g/mol. The molecule has 2 heterocycles. The number of benzene rings is 3. The van der Waals surface area contributed by atoms with Crippen molar-refractivity contribution in [3.63, 3.8) is 0 Å². The summed E-state index contributed by atoms with van der Waals surface area (Å²) < 4.78 is 6.16. The second kappa shape index (κ2) is 10.1. The van der Waals surface area contributed by atoms with E-state index in [2.05, 4.69) is 15.3 Å². The number of aliphatic carboxylic acids is 1. The molecule has 0 bridgehead atoms. The number of carbonyl (C=O) groups is 2. The van der Waals surface area contributed by atoms with Crippen molar-refractivity contribution in [2.24, 2.45) is 4.99 Å². The third-order valence-electron chi connectivity index (χ3n) is 5.12. The third-order valence-corrected chi connectivity index (χ3v) is 6.82. The zero-order valence-corrected chi connectivity index (χ0v) is 19.9. The Balaban J connectivity index is 1.42. The Hall–Kier alpha value is -3.95. The van der Waals surface area contributed by atoms with Crippen LogP contribution in [-0.4, -0.2) is 27.1 Å². The van der Waals surface area contributed by atoms with E-state index in [1.807, 2.05) is 66.7 Å². The van der Waals surface area contributed by atoms with E-state index in [9.17, 15) is 9.59 Å². The number of amidine groups is 1. The normalized spacial score (nSPS) is 15.6. The molecule has 1 aliphatic rings. The van der Waals surface area contributed by atoms with Crippen LogP contribution in [0.1, 0.15) is 16.8 Å². The van der Waals surface area contributed by atoms with Crippen LogP contribution in [0.4, 0.5) is 5.13 Å². The smallest absolute Gasteiger partial charge is 0.309 e. The van der Waals surface area contributed by atoms with Crippen LogP contribution in [0.5, 0.6) is 5.75 Å². The number of carboxylic acids is 1. The fraction of sp³-hybridized carbons (Fsp3) is 0.0769. The average molecular weight is 502 g/mol. The molecule has 0 aliphatic carbocycles. The summed E-state index contributed by atoms with van der Waals surface area (Å²) in [6.07, 6.45) is 1.63. The molecule has 5 rings (SSSR count). The molecule has 0 atom stereocenters. The molecule has 1 saturated heterocycles. The van der Waals surface area contributed by atoms with Gasteiger partial charge in [0.05, 0.1) is 17.0 Å². The van der Waals surface area contributed by atoms with Crippen molar-refractivity contribution < 1.29 is 19.4 Å². The summed E-state index contributed by atoms with van der Waals surface area (Å²) in [5, 5.41) is 16.2. The number of ether oxygens (including phenoxy) is 1. The van der Waals surface area contributed by atoms with Gasteiger partial charge in [-0.3, -0.25) is 9.59 Å². The van der Waals surface area contributed by atoms with Gasteiger partial charge in [-0.15, -0.1) is 11.3 Å². The molecule has 35 heavy (non-hydrogen) atoms. The Morgan fingerprint density at radius 2 is 1.83 bits per heavy atom. The summed E-state index contributed by atoms with van der Waals surface area (Å²) in [6, 6.07) is 21.9. The van der Waals surface area contributed by atoms with Crippen molar-refractivity contribution in [1.82, 2.24) is 10.3 Å². The van der Waals surface area contributed by atoms with E-state index in [0.717, 1.165) is 21.9 Å². The highest BCUT2D eigenvalue weighted by atomic mass is 32.2. The molecule has 0 saturated carbocycles. The second-order valence-corrected chi connectivity index (χ2v) is 9.55. The fourth-order valence-electron chi connectivity index (χ4n) is 3.50. The van der Waals surface area contributed by atoms with Gasteiger partial charge in [-0.2, -0.15) is 4.99 Å². The number of rotatable bonds is 7. The topological polar surface area (TPSA) is 101 Å². The number of thiazole rings is 1. The van der Waals surface area contributed by atoms with Crippen molar-refractivity contribution in [3.8, 4) is 5.75 Å². The van der Waals surface area contributed by atoms with E-state index in [0.29, 0.717) is 33.3 Å². The minimum atomic E-state index is -0.955. The summed E-state index contributed by atoms with van der Waals surface area (Å²) in [5.74, 6) is -0.542. The standard InChI is InChI=1S/C26H19N3O4S2/c30-23(31)13-20-15-34-25(27-20)29-26-28-24(32)22(35-26)12-19-10-17-8-4-5-9-18(17)11-21(19)33-14-16-6-2-1-3-7-16/h1-12,15H,13-14H2,(H,30,31)(H,27,28,29,32). The maximum absolute atomic E-state index is 12.7. The number of aliphatic imine (C=N–C) groups is 1. The zero-order chi connectivity index (χ0) is 24.2. The van der Waals surface area contributed by atoms with Gasteiger partial charge in [0.2, 0.25) is 5.13 Å². The largest absolute Gasteiger partial charge is 0.488 e. The zero-order valence-electron chi connectivity index (χ0n) is 18.3. The van der Waals surface area contributed by atoms with E-state index >= 15 is 0 Å². The van der Waals surface area contributed by atoms with Gasteiger partial charge in [-0.05, 0) is 46.3 Å². The molecule has 7 nitrogen and oxygen atoms in total. The number of hydrogen-bond acceptors (Lipinski definition) is 7. The molecule has 4 aromatic rings. The van der Waals surface area contributed by atoms with Gasteiger partial charge < -0.3 is 15.2 Å². The van der Waals surface area contributed by atoms with Crippen molar-refractivity contribution >= 4 is 62.1 Å². The highest BCUT2D eigenvalue weighted by Crippen LogP contribution is 2.34. The average Bonchev–Trinajstić information content (AvgIpc) is 3.43. The number of nitrogens with one attached hydrogen (secondary N) is 1. The van der Waals surface area contributed by atoms with E-state index in [4.69, 9.17) is 9.84 Å². The number of amides is 1. The maximum Gasteiger partial charge on any atom is 0.309 e. The van der Waals surface area contributed by atoms with Crippen LogP contribution in [0, 0.1) is 0 Å². The van der Waals surface area contributed by atoms with Crippen LogP contribution in [0.3, 0.4) is 0 Å². The molecule has 1 aliphatic heterocycles. The summed E-state index contributed by atoms with van der Waals surface area (Å²) in [5.41, 5.74) is 2.27. The highest BCUT2D eigenvalue weighted by Gasteiger charge is 2.25. The number of fused-ring (bicyclic) bond motifs is 1. The number of carboxylic acid groups (broad SMARTS) is 1. The molecule has 1 fully saturated rings. The molecule has 2 N–H and O–H groups in total. The minimum Gasteiger partial charge on any atom is -0.488 e. The van der Waals surface area contributed by atoms with Crippen LogP contribution in [-0.2, 0) is 22.6 Å². The Kier molecular flexibility index (Phi) is 6.60. The van der Waals surface area contributed by atoms with Crippen molar-refractivity contribution in [3.05, 3.63) is 93.8 Å². The van der Waals surface area contributed by atoms with Crippen LogP contribution < -0.4 is 10.1 Å². The lowest BCUT2D eigenvalue weighted by atomic mass is 10.1. The molecule has 0 spiro atoms. The quantitative estimate of drug-likeness (QED) is 0.329. The first-order chi connectivity index (χ1) is 17.0. The summed E-state index contributed by atoms with van der Waals surface area (Å²) in [4.78, 5) is 32.6. The first kappa shape index (κ1) is 22.8. The van der Waals surface area contributed by atoms with Crippen molar-refractivity contribution in [2.75, 3.05) is 0 Å². The van der Waals surface area contributed by atoms with E-state index < -0.39 is 5.97 Å². The molecule has 1 amide bonds. The minimum absolute atomic E-state index is 0.167. The molecule has 3 aromatic carbocycles. The van der Waals surface area contributed by atoms with Gasteiger partial charge in [0.15, 0.2) is 5.17 Å². The van der Waals surface area contributed by atoms with Crippen LogP contribution in [0.15, 0.2) is 82.0 Å². The first-order valence-electron chi connectivity index (χ1n) is 10.7. The lowest BCUT2D eigenvalue weighted by Crippen LogP contribution is -2.19. The first-order valence-corrected chi connectivity index (χ1v) is 12.4. The number of thioether (sulfide) groups is 1. The van der Waals surface area contributed by atoms with Gasteiger partial charge in [-0.25, -0.2) is 4.98 Å². The second-order valence-electron chi connectivity index (χ2n) is 7.69. The van der Waals surface area contributed by atoms with Gasteiger partial charge in [0, 0.05) is 10.9 Å². The lowest BCUT2D eigenvalue weighted by Gasteiger charge is -2.12. The number of nitrogens with zero attached hydrogens (tertiary/aromatic N) is 2. The highest BCUT2D eigenvalue weighted by molar-refractivity contribution is 8.18. The number of carbonyl (C=O) groups excluding carboxylic acids is 1. The molecule has 0 radical (unpaired) electrons. The lowest BCUT2D eigenvalue weighted by molar-refractivity contribution is -0.136. The van der Waals surface area contributed by atoms with Crippen LogP contribution in [0.2, 0.25) is 0 Å². The molecule has 0 unspecified atom stereocenters. The van der Waals surface area contributed by atoms with E-state index in [1.165, 1.54) is 23.1 Å². The van der Waals surface area contributed by atoms with Crippen LogP contribution >= 0.6 is 23.1 Å². The Morgan fingerprint density at radius 1 is 1.09 bits per heavy atom. The van der Waals surface area contributed by atoms with Gasteiger partial charge in [0.1, 0.15) is 12.4 Å². The Labute approximate surface area is 209 Å². The predicted octanol–water partition coefficient (Wildman–Crippen LogP) is 5.39. The summed E-state index contributed by atoms with van der Waals surface area (Å²) >= 11 is 2.43. The Bertz CT molecular complexity index is 1480. The van der Waals surface area contributed by atoms with Gasteiger partial charge in [-0.1, -0.05) is 54.6 Å². The molecule has 174 valence electrons. The number of aromatic nitrogens is 1. The van der Waals surface area contributed by atoms with Crippen molar-refractivity contribution in [2.45, 2.75) is 13.0 Å². The van der Waals surface area contributed by atoms with E-state index in [1.54, 1.807) is 11.5 Å². The molecule has 9 heteroatoms. The maximum atomic E-state index is 12.7. The third kappa shape index (κ3) is 5.59. The number of hydrogen-bond donors (Lipinski definition) is 2. The molecular weight excluding hydrogens is 482 g/mol. The molecular formula is C26H19N3O4S2. The predicted molar refractivity (Wildman–Crippen MR) is 139 cm³/mol. The Morgan fingerprint density at radius 3 is 2.60 bits per heavy atom. The summed E-state index contributed by atoms with van der Waals surface area (Å²) in [6.45, 7) is 0.407. The van der Waals surface area contributed by atoms with Crippen LogP contribution in [0.25, 0.3) is 16.8 Å². The van der Waals surface area contributed by atoms with Gasteiger partial charge in [0.25, 0.3) is 5.91 Å². The van der Waals surface area contributed by atoms with Crippen molar-refractivity contribution in [1.29, 1.82) is 0 Å².